The van der Waals surface area contributed by atoms with Gasteiger partial charge < -0.3 is 15.2 Å². The molecule has 0 saturated carbocycles. The van der Waals surface area contributed by atoms with Crippen LogP contribution >= 0.6 is 0 Å². The molecule has 0 aliphatic rings. The van der Waals surface area contributed by atoms with Crippen LogP contribution in [-0.4, -0.2) is 11.6 Å². The summed E-state index contributed by atoms with van der Waals surface area (Å²) in [6.45, 7) is 2.53. The van der Waals surface area contributed by atoms with Gasteiger partial charge in [0.25, 0.3) is 0 Å². The predicted octanol–water partition coefficient (Wildman–Crippen LogP) is 2.85. The molecule has 0 saturated heterocycles. The van der Waals surface area contributed by atoms with Gasteiger partial charge in [-0.2, -0.15) is 0 Å². The van der Waals surface area contributed by atoms with E-state index in [0.717, 1.165) is 0 Å². The first-order valence-electron chi connectivity index (χ1n) is 5.41. The number of anilines is 1. The molecule has 4 heteroatoms. The fourth-order valence-corrected chi connectivity index (χ4v) is 1.43. The number of nitrogens with zero attached hydrogens (tertiary/aromatic N) is 1. The highest BCUT2D eigenvalue weighted by atomic mass is 16.5. The van der Waals surface area contributed by atoms with E-state index in [9.17, 15) is 0 Å². The Balaban J connectivity index is 2.23. The standard InChI is InChI=1S/C13H14N2O2/c1-2-16-11-5-3-4-6-12(11)17-10-7-8-15-13(14)9-10/h3-9H,2H2,1H3,(H2,14,15). The number of pyridine rings is 1. The molecule has 2 N–H and O–H groups in total. The average Bonchev–Trinajstić information content (AvgIpc) is 2.32. The molecule has 1 aromatic carbocycles. The molecule has 17 heavy (non-hydrogen) atoms. The molecule has 0 spiro atoms. The summed E-state index contributed by atoms with van der Waals surface area (Å²) in [6, 6.07) is 10.9. The van der Waals surface area contributed by atoms with Gasteiger partial charge in [0.15, 0.2) is 11.5 Å². The van der Waals surface area contributed by atoms with Crippen molar-refractivity contribution in [1.82, 2.24) is 4.98 Å². The highest BCUT2D eigenvalue weighted by Crippen LogP contribution is 2.31. The van der Waals surface area contributed by atoms with Crippen molar-refractivity contribution in [3.05, 3.63) is 42.6 Å². The van der Waals surface area contributed by atoms with E-state index in [1.54, 1.807) is 18.3 Å². The van der Waals surface area contributed by atoms with Crippen LogP contribution < -0.4 is 15.2 Å². The van der Waals surface area contributed by atoms with Gasteiger partial charge in [-0.1, -0.05) is 12.1 Å². The lowest BCUT2D eigenvalue weighted by Gasteiger charge is -2.11. The van der Waals surface area contributed by atoms with Crippen LogP contribution in [-0.2, 0) is 0 Å². The molecule has 0 unspecified atom stereocenters. The van der Waals surface area contributed by atoms with Gasteiger partial charge in [0.1, 0.15) is 11.6 Å². The summed E-state index contributed by atoms with van der Waals surface area (Å²) in [6.07, 6.45) is 1.61. The highest BCUT2D eigenvalue weighted by molar-refractivity contribution is 5.44. The molecule has 0 aliphatic carbocycles. The molecule has 0 atom stereocenters. The SMILES string of the molecule is CCOc1ccccc1Oc1ccnc(N)c1. The fraction of sp³-hybridized carbons (Fsp3) is 0.154. The monoisotopic (exact) mass is 230 g/mol. The van der Waals surface area contributed by atoms with Gasteiger partial charge in [0.2, 0.25) is 0 Å². The van der Waals surface area contributed by atoms with Gasteiger partial charge in [-0.15, -0.1) is 0 Å². The molecule has 0 amide bonds. The van der Waals surface area contributed by atoms with Crippen LogP contribution in [0, 0.1) is 0 Å². The van der Waals surface area contributed by atoms with Gasteiger partial charge in [0, 0.05) is 12.3 Å². The number of aromatic nitrogens is 1. The number of hydrogen-bond acceptors (Lipinski definition) is 4. The number of benzene rings is 1. The third-order valence-electron chi connectivity index (χ3n) is 2.13. The maximum absolute atomic E-state index is 5.70. The fourth-order valence-electron chi connectivity index (χ4n) is 1.43. The third-order valence-corrected chi connectivity index (χ3v) is 2.13. The van der Waals surface area contributed by atoms with Crippen LogP contribution in [0.2, 0.25) is 0 Å². The summed E-state index contributed by atoms with van der Waals surface area (Å²) in [5, 5.41) is 0. The van der Waals surface area contributed by atoms with E-state index in [1.807, 2.05) is 31.2 Å². The summed E-state index contributed by atoms with van der Waals surface area (Å²) in [7, 11) is 0. The van der Waals surface area contributed by atoms with E-state index in [-0.39, 0.29) is 0 Å². The second kappa shape index (κ2) is 5.21. The Bertz CT molecular complexity index is 500. The lowest BCUT2D eigenvalue weighted by Crippen LogP contribution is -1.95. The van der Waals surface area contributed by atoms with Crippen LogP contribution in [0.4, 0.5) is 5.82 Å². The Morgan fingerprint density at radius 3 is 2.65 bits per heavy atom. The summed E-state index contributed by atoms with van der Waals surface area (Å²) >= 11 is 0. The molecule has 2 rings (SSSR count). The summed E-state index contributed by atoms with van der Waals surface area (Å²) in [5.41, 5.74) is 5.59. The lowest BCUT2D eigenvalue weighted by molar-refractivity contribution is 0.321. The Morgan fingerprint density at radius 1 is 1.18 bits per heavy atom. The normalized spacial score (nSPS) is 9.94. The van der Waals surface area contributed by atoms with Crippen molar-refractivity contribution in [3.8, 4) is 17.2 Å². The van der Waals surface area contributed by atoms with Crippen LogP contribution in [0.1, 0.15) is 6.92 Å². The van der Waals surface area contributed by atoms with Crippen molar-refractivity contribution < 1.29 is 9.47 Å². The lowest BCUT2D eigenvalue weighted by atomic mass is 10.3. The zero-order valence-corrected chi connectivity index (χ0v) is 9.59. The number of ether oxygens (including phenoxy) is 2. The number of para-hydroxylation sites is 2. The topological polar surface area (TPSA) is 57.4 Å². The molecular formula is C13H14N2O2. The van der Waals surface area contributed by atoms with E-state index >= 15 is 0 Å². The van der Waals surface area contributed by atoms with E-state index < -0.39 is 0 Å². The Labute approximate surface area is 100 Å². The van der Waals surface area contributed by atoms with Gasteiger partial charge in [-0.05, 0) is 25.1 Å². The van der Waals surface area contributed by atoms with Crippen molar-refractivity contribution in [2.75, 3.05) is 12.3 Å². The second-order valence-electron chi connectivity index (χ2n) is 3.40. The molecule has 4 nitrogen and oxygen atoms in total. The van der Waals surface area contributed by atoms with Crippen LogP contribution in [0.15, 0.2) is 42.6 Å². The minimum atomic E-state index is 0.427. The molecule has 0 aliphatic heterocycles. The van der Waals surface area contributed by atoms with Crippen LogP contribution in [0.5, 0.6) is 17.2 Å². The predicted molar refractivity (Wildman–Crippen MR) is 66.3 cm³/mol. The summed E-state index contributed by atoms with van der Waals surface area (Å²) < 4.78 is 11.2. The first-order valence-corrected chi connectivity index (χ1v) is 5.41. The maximum atomic E-state index is 5.70. The van der Waals surface area contributed by atoms with E-state index in [4.69, 9.17) is 15.2 Å². The maximum Gasteiger partial charge on any atom is 0.169 e. The molecule has 1 heterocycles. The largest absolute Gasteiger partial charge is 0.490 e. The van der Waals surface area contributed by atoms with E-state index in [2.05, 4.69) is 4.98 Å². The summed E-state index contributed by atoms with van der Waals surface area (Å²) in [4.78, 5) is 3.91. The van der Waals surface area contributed by atoms with Gasteiger partial charge in [-0.3, -0.25) is 0 Å². The molecular weight excluding hydrogens is 216 g/mol. The zero-order chi connectivity index (χ0) is 12.1. The molecule has 0 radical (unpaired) electrons. The Hall–Kier alpha value is -2.23. The number of nitrogen functional groups attached to an aromatic ring is 1. The van der Waals surface area contributed by atoms with Crippen molar-refractivity contribution in [2.24, 2.45) is 0 Å². The second-order valence-corrected chi connectivity index (χ2v) is 3.40. The van der Waals surface area contributed by atoms with Crippen LogP contribution in [0.25, 0.3) is 0 Å². The van der Waals surface area contributed by atoms with E-state index in [1.165, 1.54) is 0 Å². The molecule has 1 aromatic heterocycles. The minimum absolute atomic E-state index is 0.427. The van der Waals surface area contributed by atoms with Crippen LogP contribution in [0.3, 0.4) is 0 Å². The molecule has 0 fully saturated rings. The Kier molecular flexibility index (Phi) is 3.45. The molecule has 88 valence electrons. The molecule has 2 aromatic rings. The van der Waals surface area contributed by atoms with Crippen molar-refractivity contribution in [2.45, 2.75) is 6.92 Å². The first-order chi connectivity index (χ1) is 8.29. The minimum Gasteiger partial charge on any atom is -0.490 e. The van der Waals surface area contributed by atoms with Gasteiger partial charge in [0.05, 0.1) is 6.61 Å². The van der Waals surface area contributed by atoms with Crippen molar-refractivity contribution >= 4 is 5.82 Å². The van der Waals surface area contributed by atoms with Gasteiger partial charge in [-0.25, -0.2) is 4.98 Å². The van der Waals surface area contributed by atoms with E-state index in [0.29, 0.717) is 29.7 Å². The zero-order valence-electron chi connectivity index (χ0n) is 9.59. The van der Waals surface area contributed by atoms with Gasteiger partial charge >= 0.3 is 0 Å². The summed E-state index contributed by atoms with van der Waals surface area (Å²) in [5.74, 6) is 2.45. The first kappa shape index (κ1) is 11.3. The number of hydrogen-bond donors (Lipinski definition) is 1. The highest BCUT2D eigenvalue weighted by Gasteiger charge is 2.05. The third kappa shape index (κ3) is 2.87. The smallest absolute Gasteiger partial charge is 0.169 e. The van der Waals surface area contributed by atoms with Crippen molar-refractivity contribution in [3.63, 3.8) is 0 Å². The molecule has 0 bridgehead atoms. The van der Waals surface area contributed by atoms with Crippen molar-refractivity contribution in [1.29, 1.82) is 0 Å². The number of rotatable bonds is 4. The number of nitrogens with two attached hydrogens (primary N) is 1. The quantitative estimate of drug-likeness (QED) is 0.877. The average molecular weight is 230 g/mol. The Morgan fingerprint density at radius 2 is 1.94 bits per heavy atom.